The van der Waals surface area contributed by atoms with Crippen molar-refractivity contribution in [2.24, 2.45) is 5.41 Å². The standard InChI is InChI=1S/C14H18.C10H15.C5H5.2CH3.4ClH.2Zr/c1-9-5-7-13(11(9)3)14-8-6-10(2)12(14)4;1-7-6-10(4,5)9(3)8(7)2;1-2-4-5-3-1;;;;;;;;/h5-6H,7-8H2,1-4H3;1-5H3;1-3H,4H2;2*1H3;4*1H;;/q;4*-1;;;;;+2;+3/p-4. The molecule has 0 heterocycles. The van der Waals surface area contributed by atoms with Gasteiger partial charge in [-0.2, -0.15) is 17.2 Å². The maximum absolute atomic E-state index is 4.93. The van der Waals surface area contributed by atoms with Gasteiger partial charge in [-0.15, -0.1) is 13.3 Å². The van der Waals surface area contributed by atoms with Crippen LogP contribution in [-0.4, -0.2) is 0 Å². The van der Waals surface area contributed by atoms with Gasteiger partial charge in [0.15, 0.2) is 0 Å². The van der Waals surface area contributed by atoms with Crippen LogP contribution in [0.4, 0.5) is 0 Å². The molecule has 37 heavy (non-hydrogen) atoms. The van der Waals surface area contributed by atoms with Crippen LogP contribution in [0.15, 0.2) is 80.5 Å². The Balaban J connectivity index is -0.000000132. The second-order valence-corrected chi connectivity index (χ2v) is 12.8. The molecule has 1 radical (unpaired) electrons. The van der Waals surface area contributed by atoms with Crippen molar-refractivity contribution >= 4 is 17.0 Å². The number of hydrogen-bond donors (Lipinski definition) is 0. The van der Waals surface area contributed by atoms with Gasteiger partial charge in [-0.1, -0.05) is 56.4 Å². The first-order chi connectivity index (χ1) is 15.0. The van der Waals surface area contributed by atoms with Gasteiger partial charge in [-0.25, -0.2) is 17.7 Å². The third kappa shape index (κ3) is 14.9. The van der Waals surface area contributed by atoms with Crippen LogP contribution in [0.25, 0.3) is 0 Å². The van der Waals surface area contributed by atoms with Gasteiger partial charge in [0, 0.05) is 0 Å². The Morgan fingerprint density at radius 1 is 0.784 bits per heavy atom. The predicted octanol–water partition coefficient (Wildman–Crippen LogP) is 5.02. The third-order valence-electron chi connectivity index (χ3n) is 6.83. The summed E-state index contributed by atoms with van der Waals surface area (Å²) in [6.07, 6.45) is 20.4. The summed E-state index contributed by atoms with van der Waals surface area (Å²) in [5.74, 6) is 0. The summed E-state index contributed by atoms with van der Waals surface area (Å²) in [5.41, 5.74) is 13.5. The van der Waals surface area contributed by atoms with Crippen LogP contribution in [0.1, 0.15) is 81.6 Å². The van der Waals surface area contributed by atoms with Gasteiger partial charge in [0.2, 0.25) is 0 Å². The SMILES string of the molecule is CC1=CCC(C2=C(C)C(C)=CC2)=C1C.CC1=[C-]C(C)(C)C(C)=C1C.[C-]1=CC=CC1.[CH3-].[CH3-].[Cl-].[Cl-].[Cl][Zr][Cl].[Zr+3]. The van der Waals surface area contributed by atoms with E-state index in [0.717, 1.165) is 19.3 Å². The molecule has 0 saturated heterocycles. The molecule has 0 fully saturated rings. The number of halogens is 4. The molecule has 0 bridgehead atoms. The molecule has 0 spiro atoms. The summed E-state index contributed by atoms with van der Waals surface area (Å²) in [6, 6.07) is 0. The van der Waals surface area contributed by atoms with E-state index in [2.05, 4.69) is 92.7 Å². The fourth-order valence-corrected chi connectivity index (χ4v) is 4.04. The van der Waals surface area contributed by atoms with Gasteiger partial charge in [0.05, 0.1) is 0 Å². The first kappa shape index (κ1) is 47.6. The Hall–Kier alpha value is 0.846. The molecule has 0 aromatic heterocycles. The first-order valence-electron chi connectivity index (χ1n) is 11.2. The van der Waals surface area contributed by atoms with E-state index in [0.29, 0.717) is 0 Å². The Labute approximate surface area is 280 Å². The van der Waals surface area contributed by atoms with E-state index >= 15 is 0 Å². The van der Waals surface area contributed by atoms with Crippen LogP contribution in [-0.2, 0) is 47.1 Å². The summed E-state index contributed by atoms with van der Waals surface area (Å²) in [7, 11) is 9.87. The van der Waals surface area contributed by atoms with E-state index < -0.39 is 20.8 Å². The van der Waals surface area contributed by atoms with Crippen LogP contribution < -0.4 is 24.8 Å². The van der Waals surface area contributed by atoms with E-state index in [1.165, 1.54) is 39.0 Å². The van der Waals surface area contributed by atoms with Crippen molar-refractivity contribution in [3.8, 4) is 0 Å². The molecule has 0 aromatic rings. The Kier molecular flexibility index (Phi) is 30.3. The molecule has 0 atom stereocenters. The van der Waals surface area contributed by atoms with E-state index in [4.69, 9.17) is 17.0 Å². The van der Waals surface area contributed by atoms with Crippen molar-refractivity contribution in [2.45, 2.75) is 81.6 Å². The smallest absolute Gasteiger partial charge is 3.00 e. The average molecular weight is 741 g/mol. The molecule has 4 aliphatic carbocycles. The summed E-state index contributed by atoms with van der Waals surface area (Å²) >= 11 is -0.826. The zero-order valence-corrected chi connectivity index (χ0v) is 32.5. The number of rotatable bonds is 1. The van der Waals surface area contributed by atoms with Gasteiger partial charge < -0.3 is 39.7 Å². The second kappa shape index (κ2) is 23.5. The minimum atomic E-state index is -0.826. The second-order valence-electron chi connectivity index (χ2n) is 9.09. The van der Waals surface area contributed by atoms with Crippen LogP contribution in [0.2, 0.25) is 0 Å². The molecule has 0 aromatic carbocycles. The number of hydrogen-bond acceptors (Lipinski definition) is 0. The van der Waals surface area contributed by atoms with Gasteiger partial charge in [0.1, 0.15) is 0 Å². The molecule has 0 unspecified atom stereocenters. The molecule has 0 N–H and O–H groups in total. The van der Waals surface area contributed by atoms with Crippen molar-refractivity contribution in [2.75, 3.05) is 0 Å². The molecule has 0 saturated carbocycles. The zero-order valence-electron chi connectivity index (χ0n) is 24.5. The van der Waals surface area contributed by atoms with Crippen molar-refractivity contribution in [3.63, 3.8) is 0 Å². The van der Waals surface area contributed by atoms with Crippen molar-refractivity contribution < 1.29 is 71.9 Å². The van der Waals surface area contributed by atoms with Gasteiger partial charge in [-0.05, 0) is 62.8 Å². The molecular formula is C31H44Cl4Zr2-3. The Morgan fingerprint density at radius 2 is 1.19 bits per heavy atom. The summed E-state index contributed by atoms with van der Waals surface area (Å²) < 4.78 is 0. The third-order valence-corrected chi connectivity index (χ3v) is 6.83. The van der Waals surface area contributed by atoms with E-state index in [1.54, 1.807) is 11.1 Å². The topological polar surface area (TPSA) is 0 Å². The largest absolute Gasteiger partial charge is 3.00 e. The van der Waals surface area contributed by atoms with Gasteiger partial charge in [0.25, 0.3) is 0 Å². The molecule has 207 valence electrons. The van der Waals surface area contributed by atoms with E-state index in [-0.39, 0.29) is 71.3 Å². The Bertz CT molecular complexity index is 890. The maximum Gasteiger partial charge on any atom is 3.00 e. The molecule has 0 aliphatic heterocycles. The predicted molar refractivity (Wildman–Crippen MR) is 153 cm³/mol. The first-order valence-corrected chi connectivity index (χ1v) is 17.5. The fraction of sp³-hybridized carbons (Fsp3) is 0.419. The fourth-order valence-electron chi connectivity index (χ4n) is 4.04. The Morgan fingerprint density at radius 3 is 1.32 bits per heavy atom. The average Bonchev–Trinajstić information content (AvgIpc) is 3.51. The number of allylic oxidation sites excluding steroid dienone is 16. The normalized spacial score (nSPS) is 17.4. The zero-order chi connectivity index (χ0) is 24.5. The molecule has 0 nitrogen and oxygen atoms in total. The van der Waals surface area contributed by atoms with Gasteiger partial charge in [-0.3, -0.25) is 12.2 Å². The molecular weight excluding hydrogens is 697 g/mol. The van der Waals surface area contributed by atoms with E-state index in [1.807, 2.05) is 12.2 Å². The molecule has 6 heteroatoms. The summed E-state index contributed by atoms with van der Waals surface area (Å²) in [4.78, 5) is 0. The molecule has 4 rings (SSSR count). The summed E-state index contributed by atoms with van der Waals surface area (Å²) in [6.45, 7) is 19.9. The van der Waals surface area contributed by atoms with Crippen LogP contribution in [0.3, 0.4) is 0 Å². The monoisotopic (exact) mass is 736 g/mol. The minimum Gasteiger partial charge on any atom is 3.00 e. The van der Waals surface area contributed by atoms with Gasteiger partial charge >= 0.3 is 64.1 Å². The molecule has 4 aliphatic rings. The van der Waals surface area contributed by atoms with Crippen molar-refractivity contribution in [3.05, 3.63) is 108 Å². The van der Waals surface area contributed by atoms with Crippen LogP contribution in [0.5, 0.6) is 0 Å². The van der Waals surface area contributed by atoms with Crippen molar-refractivity contribution in [1.82, 2.24) is 0 Å². The van der Waals surface area contributed by atoms with E-state index in [9.17, 15) is 0 Å². The molecule has 0 amide bonds. The van der Waals surface area contributed by atoms with Crippen molar-refractivity contribution in [1.29, 1.82) is 0 Å². The minimum absolute atomic E-state index is 0. The van der Waals surface area contributed by atoms with Crippen LogP contribution in [0, 0.1) is 32.4 Å². The summed E-state index contributed by atoms with van der Waals surface area (Å²) in [5, 5.41) is 0. The maximum atomic E-state index is 4.93. The quantitative estimate of drug-likeness (QED) is 0.332. The van der Waals surface area contributed by atoms with Crippen LogP contribution >= 0.6 is 17.0 Å².